The van der Waals surface area contributed by atoms with E-state index < -0.39 is 102 Å². The van der Waals surface area contributed by atoms with Gasteiger partial charge in [0.1, 0.15) is 54.4 Å². The SMILES string of the molecule is COc1ccc(C(OC[C@H]2O[C@@H](n3ccc(=O)[nH]c3=O)[C@H](OCC(=O)NCc3cn([C@H]4C[C@H](OC5CCCCO5)[C@@H](CO)O4)c(=O)[nH]c3=O)[C@@H]2OP(=O)(Sc2ccccc2)Sc2ccccc2)(c2ccccc2)c2ccc(OC)cc2)cc1. The van der Waals surface area contributed by atoms with Crippen LogP contribution in [0, 0.1) is 0 Å². The molecule has 1 amide bonds. The Morgan fingerprint density at radius 2 is 1.34 bits per heavy atom. The van der Waals surface area contributed by atoms with Crippen LogP contribution >= 0.6 is 28.5 Å². The normalized spacial score (nSPS) is 21.8. The molecule has 8 atom stereocenters. The maximum absolute atomic E-state index is 15.9. The zero-order chi connectivity index (χ0) is 57.9. The van der Waals surface area contributed by atoms with E-state index in [0.29, 0.717) is 51.0 Å². The van der Waals surface area contributed by atoms with Crippen molar-refractivity contribution in [3.8, 4) is 11.5 Å². The molecular formula is C59H62N5O16PS2. The fraction of sp³-hybridized carbons (Fsp3) is 0.339. The highest BCUT2D eigenvalue weighted by Crippen LogP contribution is 2.75. The molecule has 5 heterocycles. The maximum Gasteiger partial charge on any atom is 0.330 e. The van der Waals surface area contributed by atoms with Gasteiger partial charge >= 0.3 is 17.2 Å². The lowest BCUT2D eigenvalue weighted by molar-refractivity contribution is -0.199. The average Bonchev–Trinajstić information content (AvgIpc) is 2.62. The van der Waals surface area contributed by atoms with Crippen LogP contribution < -0.4 is 37.3 Å². The summed E-state index contributed by atoms with van der Waals surface area (Å²) in [5.74, 6) is -3.66. The van der Waals surface area contributed by atoms with Crippen LogP contribution in [-0.4, -0.2) is 108 Å². The molecule has 0 bridgehead atoms. The fourth-order valence-electron chi connectivity index (χ4n) is 10.2. The molecule has 0 spiro atoms. The van der Waals surface area contributed by atoms with Gasteiger partial charge in [-0.05, 0) is 107 Å². The number of aromatic nitrogens is 4. The van der Waals surface area contributed by atoms with E-state index in [1.54, 1.807) is 62.8 Å². The minimum absolute atomic E-state index is 0.0187. The van der Waals surface area contributed by atoms with Gasteiger partial charge in [-0.25, -0.2) is 9.59 Å². The molecule has 0 saturated carbocycles. The summed E-state index contributed by atoms with van der Waals surface area (Å²) in [6, 6.07) is 43.4. The summed E-state index contributed by atoms with van der Waals surface area (Å²) in [5.41, 5.74) is -2.51. The Morgan fingerprint density at radius 1 is 0.735 bits per heavy atom. The number of hydrogen-bond acceptors (Lipinski definition) is 18. The van der Waals surface area contributed by atoms with Gasteiger partial charge in [0.15, 0.2) is 12.5 Å². The molecule has 3 aliphatic rings. The number of aliphatic hydroxyl groups is 1. The number of ether oxygens (including phenoxy) is 8. The van der Waals surface area contributed by atoms with Gasteiger partial charge in [-0.2, -0.15) is 0 Å². The number of H-pyrrole nitrogens is 2. The van der Waals surface area contributed by atoms with Crippen LogP contribution in [0.2, 0.25) is 0 Å². The molecule has 7 aromatic rings. The zero-order valence-corrected chi connectivity index (χ0v) is 47.8. The minimum atomic E-state index is -4.09. The first kappa shape index (κ1) is 59.3. The predicted octanol–water partition coefficient (Wildman–Crippen LogP) is 7.28. The molecule has 3 aliphatic heterocycles. The number of carbonyl (C=O) groups excluding carboxylic acids is 1. The van der Waals surface area contributed by atoms with Crippen molar-refractivity contribution >= 4 is 34.4 Å². The molecule has 1 unspecified atom stereocenters. The second-order valence-corrected chi connectivity index (χ2v) is 26.7. The number of rotatable bonds is 24. The van der Waals surface area contributed by atoms with E-state index in [1.807, 2.05) is 91.0 Å². The molecule has 83 heavy (non-hydrogen) atoms. The lowest BCUT2D eigenvalue weighted by atomic mass is 9.80. The van der Waals surface area contributed by atoms with Crippen molar-refractivity contribution in [2.45, 2.75) is 96.9 Å². The number of benzene rings is 5. The predicted molar refractivity (Wildman–Crippen MR) is 308 cm³/mol. The average molecular weight is 1190 g/mol. The Hall–Kier alpha value is -6.86. The summed E-state index contributed by atoms with van der Waals surface area (Å²) in [5, 5.41) is 12.9. The highest BCUT2D eigenvalue weighted by atomic mass is 33.1. The van der Waals surface area contributed by atoms with Crippen molar-refractivity contribution in [2.24, 2.45) is 0 Å². The minimum Gasteiger partial charge on any atom is -0.497 e. The van der Waals surface area contributed by atoms with Gasteiger partial charge in [-0.1, -0.05) is 91.0 Å². The molecule has 10 rings (SSSR count). The third kappa shape index (κ3) is 14.1. The quantitative estimate of drug-likeness (QED) is 0.0342. The van der Waals surface area contributed by atoms with Crippen LogP contribution in [0.25, 0.3) is 0 Å². The van der Waals surface area contributed by atoms with Gasteiger partial charge in [0, 0.05) is 47.8 Å². The van der Waals surface area contributed by atoms with Crippen LogP contribution in [0.4, 0.5) is 0 Å². The van der Waals surface area contributed by atoms with Gasteiger partial charge in [0.25, 0.3) is 11.1 Å². The number of hydrogen-bond donors (Lipinski definition) is 4. The topological polar surface area (TPSA) is 259 Å². The van der Waals surface area contributed by atoms with E-state index in [2.05, 4.69) is 15.3 Å². The van der Waals surface area contributed by atoms with Crippen LogP contribution in [0.5, 0.6) is 11.5 Å². The van der Waals surface area contributed by atoms with Crippen LogP contribution in [0.1, 0.15) is 60.4 Å². The van der Waals surface area contributed by atoms with Crippen molar-refractivity contribution in [1.82, 2.24) is 24.4 Å². The molecular weight excluding hydrogens is 1130 g/mol. The van der Waals surface area contributed by atoms with Crippen molar-refractivity contribution in [3.05, 3.63) is 222 Å². The van der Waals surface area contributed by atoms with Crippen LogP contribution in [-0.2, 0) is 54.5 Å². The van der Waals surface area contributed by atoms with E-state index in [9.17, 15) is 29.1 Å². The van der Waals surface area contributed by atoms with Crippen molar-refractivity contribution in [1.29, 1.82) is 0 Å². The van der Waals surface area contributed by atoms with E-state index >= 15 is 4.57 Å². The Kier molecular flexibility index (Phi) is 19.5. The van der Waals surface area contributed by atoms with Crippen LogP contribution in [0.3, 0.4) is 0 Å². The third-order valence-corrected chi connectivity index (χ3v) is 20.7. The van der Waals surface area contributed by atoms with Gasteiger partial charge in [-0.15, -0.1) is 0 Å². The second-order valence-electron chi connectivity index (χ2n) is 19.6. The number of aromatic amines is 2. The van der Waals surface area contributed by atoms with E-state index in [0.717, 1.165) is 46.2 Å². The highest BCUT2D eigenvalue weighted by molar-refractivity contribution is 8.89. The van der Waals surface area contributed by atoms with Crippen molar-refractivity contribution in [2.75, 3.05) is 40.6 Å². The van der Waals surface area contributed by atoms with Gasteiger partial charge in [0.05, 0.1) is 39.1 Å². The lowest BCUT2D eigenvalue weighted by Gasteiger charge is -2.37. The molecule has 21 nitrogen and oxygen atoms in total. The molecule has 24 heteroatoms. The van der Waals surface area contributed by atoms with Crippen LogP contribution in [0.15, 0.2) is 187 Å². The number of amides is 1. The molecule has 0 aliphatic carbocycles. The molecule has 0 radical (unpaired) electrons. The van der Waals surface area contributed by atoms with Crippen molar-refractivity contribution in [3.63, 3.8) is 0 Å². The zero-order valence-electron chi connectivity index (χ0n) is 45.2. The summed E-state index contributed by atoms with van der Waals surface area (Å²) in [4.78, 5) is 73.0. The first-order valence-corrected chi connectivity index (χ1v) is 31.3. The molecule has 436 valence electrons. The number of nitrogens with one attached hydrogen (secondary N) is 3. The van der Waals surface area contributed by atoms with E-state index in [1.165, 1.54) is 17.0 Å². The van der Waals surface area contributed by atoms with E-state index in [4.69, 9.17) is 42.4 Å². The Labute approximate surface area is 484 Å². The summed E-state index contributed by atoms with van der Waals surface area (Å²) in [7, 11) is 3.14. The summed E-state index contributed by atoms with van der Waals surface area (Å²) >= 11 is 1.97. The molecule has 5 aromatic carbocycles. The number of carbonyl (C=O) groups is 1. The second kappa shape index (κ2) is 27.2. The number of nitrogens with zero attached hydrogens (tertiary/aromatic N) is 2. The van der Waals surface area contributed by atoms with Gasteiger partial charge in [0.2, 0.25) is 5.91 Å². The Morgan fingerprint density at radius 3 is 1.92 bits per heavy atom. The Bertz CT molecular complexity index is 3480. The molecule has 3 saturated heterocycles. The van der Waals surface area contributed by atoms with Crippen molar-refractivity contribution < 1.29 is 56.9 Å². The first-order valence-electron chi connectivity index (χ1n) is 26.8. The maximum atomic E-state index is 15.9. The molecule has 3 fully saturated rings. The molecule has 2 aromatic heterocycles. The third-order valence-electron chi connectivity index (χ3n) is 14.3. The Balaban J connectivity index is 0.997. The number of aliphatic hydroxyl groups excluding tert-OH is 1. The monoisotopic (exact) mass is 1190 g/mol. The summed E-state index contributed by atoms with van der Waals surface area (Å²) in [6.45, 7) is -1.33. The van der Waals surface area contributed by atoms with Gasteiger partial charge < -0.3 is 52.8 Å². The summed E-state index contributed by atoms with van der Waals surface area (Å²) in [6.07, 6.45) is -3.26. The lowest BCUT2D eigenvalue weighted by Crippen LogP contribution is -2.43. The smallest absolute Gasteiger partial charge is 0.330 e. The number of methoxy groups -OCH3 is 2. The fourth-order valence-corrected chi connectivity index (χ4v) is 17.1. The molecule has 4 N–H and O–H groups in total. The highest BCUT2D eigenvalue weighted by Gasteiger charge is 2.53. The summed E-state index contributed by atoms with van der Waals surface area (Å²) < 4.78 is 75.0. The largest absolute Gasteiger partial charge is 0.497 e. The first-order chi connectivity index (χ1) is 40.3. The standard InChI is InChI=1S/C59H62N5O16PS2/c1-72-42-25-21-40(22-26-42)59(39-14-6-3-7-15-39,41-23-27-43(73-2)28-24-41)76-36-48-53(80-81(71,82-44-16-8-4-9-17-44)83-45-18-10-5-11-19-45)54(56(79-48)63-30-29-49(66)61-57(63)69)75-37-50(67)60-33-38-34-64(58(70)62-55(38)68)51-32-46(47(35-65)77-51)78-52-20-12-13-31-74-52/h3-11,14-19,21-30,34,46-48,51-54,56,65H,12-13,20,31-33,35-37H2,1-2H3,(H,60,67)(H,61,66,69)(H,62,68,70)/t46-,47+,48+,51+,52?,53+,54+,56+/m0/s1. The van der Waals surface area contributed by atoms with Gasteiger partial charge in [-0.3, -0.25) is 38.1 Å². The van der Waals surface area contributed by atoms with E-state index in [-0.39, 0.29) is 25.1 Å².